The molecule has 112 valence electrons. The second-order valence-electron chi connectivity index (χ2n) is 4.86. The summed E-state index contributed by atoms with van der Waals surface area (Å²) in [5.74, 6) is -0.425. The van der Waals surface area contributed by atoms with Gasteiger partial charge in [0.05, 0.1) is 7.11 Å². The van der Waals surface area contributed by atoms with Crippen LogP contribution in [0.25, 0.3) is 11.1 Å². The van der Waals surface area contributed by atoms with Crippen LogP contribution in [0.1, 0.15) is 18.9 Å². The molecule has 0 radical (unpaired) electrons. The lowest BCUT2D eigenvalue weighted by Gasteiger charge is -2.13. The number of ether oxygens (including phenoxy) is 1. The number of hydrogen-bond donors (Lipinski definition) is 1. The Bertz CT molecular complexity index is 593. The highest BCUT2D eigenvalue weighted by Gasteiger charge is 2.09. The van der Waals surface area contributed by atoms with E-state index in [4.69, 9.17) is 4.74 Å². The molecule has 0 aliphatic rings. The molecule has 0 saturated carbocycles. The lowest BCUT2D eigenvalue weighted by molar-refractivity contribution is 0.414. The van der Waals surface area contributed by atoms with Gasteiger partial charge in [-0.05, 0) is 53.9 Å². The molecule has 0 atom stereocenters. The molecule has 2 aromatic rings. The quantitative estimate of drug-likeness (QED) is 0.808. The topological polar surface area (TPSA) is 21.3 Å². The van der Waals surface area contributed by atoms with Crippen LogP contribution in [-0.2, 0) is 6.54 Å². The van der Waals surface area contributed by atoms with Gasteiger partial charge in [0, 0.05) is 12.6 Å². The number of methoxy groups -OCH3 is 1. The third-order valence-corrected chi connectivity index (χ3v) is 3.23. The fourth-order valence-corrected chi connectivity index (χ4v) is 2.23. The standard InChI is InChI=1S/C17H19F2NO/c1-3-6-20-11-13-9-16(21-2)4-5-17(13)12-7-14(18)10-15(19)8-12/h4-5,7-10,20H,3,6,11H2,1-2H3. The molecule has 1 N–H and O–H groups in total. The Morgan fingerprint density at radius 3 is 2.38 bits per heavy atom. The van der Waals surface area contributed by atoms with Gasteiger partial charge in [0.25, 0.3) is 0 Å². The number of benzene rings is 2. The number of hydrogen-bond acceptors (Lipinski definition) is 2. The van der Waals surface area contributed by atoms with E-state index in [0.29, 0.717) is 12.1 Å². The summed E-state index contributed by atoms with van der Waals surface area (Å²) in [6.45, 7) is 3.59. The molecule has 2 nitrogen and oxygen atoms in total. The van der Waals surface area contributed by atoms with Gasteiger partial charge < -0.3 is 10.1 Å². The highest BCUT2D eigenvalue weighted by atomic mass is 19.1. The van der Waals surface area contributed by atoms with Gasteiger partial charge in [-0.3, -0.25) is 0 Å². The van der Waals surface area contributed by atoms with E-state index in [9.17, 15) is 8.78 Å². The fourth-order valence-electron chi connectivity index (χ4n) is 2.23. The molecule has 4 heteroatoms. The first kappa shape index (κ1) is 15.4. The van der Waals surface area contributed by atoms with Gasteiger partial charge in [-0.1, -0.05) is 13.0 Å². The summed E-state index contributed by atoms with van der Waals surface area (Å²) < 4.78 is 32.1. The van der Waals surface area contributed by atoms with Crippen LogP contribution in [0.3, 0.4) is 0 Å². The van der Waals surface area contributed by atoms with Crippen LogP contribution in [0.5, 0.6) is 5.75 Å². The van der Waals surface area contributed by atoms with Crippen molar-refractivity contribution in [1.82, 2.24) is 5.32 Å². The lowest BCUT2D eigenvalue weighted by Crippen LogP contribution is -2.14. The van der Waals surface area contributed by atoms with Gasteiger partial charge >= 0.3 is 0 Å². The van der Waals surface area contributed by atoms with Crippen molar-refractivity contribution in [1.29, 1.82) is 0 Å². The predicted octanol–water partition coefficient (Wildman–Crippen LogP) is 4.14. The molecule has 0 aliphatic carbocycles. The Kier molecular flexibility index (Phi) is 5.28. The van der Waals surface area contributed by atoms with E-state index in [1.807, 2.05) is 12.1 Å². The minimum Gasteiger partial charge on any atom is -0.497 e. The molecule has 0 aromatic heterocycles. The Labute approximate surface area is 123 Å². The molecule has 0 amide bonds. The first-order chi connectivity index (χ1) is 10.1. The summed E-state index contributed by atoms with van der Waals surface area (Å²) in [7, 11) is 1.60. The van der Waals surface area contributed by atoms with Crippen LogP contribution < -0.4 is 10.1 Å². The molecule has 0 fully saturated rings. The first-order valence-corrected chi connectivity index (χ1v) is 6.98. The predicted molar refractivity (Wildman–Crippen MR) is 80.3 cm³/mol. The van der Waals surface area contributed by atoms with Crippen LogP contribution in [0.2, 0.25) is 0 Å². The van der Waals surface area contributed by atoms with Crippen LogP contribution >= 0.6 is 0 Å². The van der Waals surface area contributed by atoms with Gasteiger partial charge in [0.1, 0.15) is 17.4 Å². The minimum absolute atomic E-state index is 0.531. The summed E-state index contributed by atoms with van der Waals surface area (Å²) in [5, 5.41) is 3.30. The summed E-state index contributed by atoms with van der Waals surface area (Å²) in [6, 6.07) is 9.07. The number of rotatable bonds is 6. The van der Waals surface area contributed by atoms with Gasteiger partial charge in [0.15, 0.2) is 0 Å². The van der Waals surface area contributed by atoms with Crippen molar-refractivity contribution in [3.8, 4) is 16.9 Å². The van der Waals surface area contributed by atoms with Crippen molar-refractivity contribution in [2.75, 3.05) is 13.7 Å². The van der Waals surface area contributed by atoms with Crippen molar-refractivity contribution < 1.29 is 13.5 Å². The lowest BCUT2D eigenvalue weighted by atomic mass is 9.99. The van der Waals surface area contributed by atoms with Crippen molar-refractivity contribution in [2.45, 2.75) is 19.9 Å². The molecule has 0 aliphatic heterocycles. The zero-order chi connectivity index (χ0) is 15.2. The Balaban J connectivity index is 2.40. The Morgan fingerprint density at radius 1 is 1.05 bits per heavy atom. The van der Waals surface area contributed by atoms with Crippen molar-refractivity contribution in [2.24, 2.45) is 0 Å². The highest BCUT2D eigenvalue weighted by molar-refractivity contribution is 5.68. The van der Waals surface area contributed by atoms with Crippen LogP contribution in [0.4, 0.5) is 8.78 Å². The third kappa shape index (κ3) is 4.02. The minimum atomic E-state index is -0.576. The monoisotopic (exact) mass is 291 g/mol. The molecule has 0 bridgehead atoms. The van der Waals surface area contributed by atoms with Crippen LogP contribution in [0, 0.1) is 11.6 Å². The molecule has 21 heavy (non-hydrogen) atoms. The molecule has 0 spiro atoms. The Morgan fingerprint density at radius 2 is 1.76 bits per heavy atom. The maximum Gasteiger partial charge on any atom is 0.126 e. The van der Waals surface area contributed by atoms with Crippen LogP contribution in [-0.4, -0.2) is 13.7 Å². The summed E-state index contributed by atoms with van der Waals surface area (Å²) in [6.07, 6.45) is 1.02. The molecule has 2 rings (SSSR count). The average molecular weight is 291 g/mol. The first-order valence-electron chi connectivity index (χ1n) is 6.98. The molecule has 0 heterocycles. The van der Waals surface area contributed by atoms with Crippen molar-refractivity contribution in [3.05, 3.63) is 53.6 Å². The van der Waals surface area contributed by atoms with E-state index in [1.54, 1.807) is 13.2 Å². The van der Waals surface area contributed by atoms with E-state index < -0.39 is 11.6 Å². The van der Waals surface area contributed by atoms with Gasteiger partial charge in [-0.15, -0.1) is 0 Å². The maximum atomic E-state index is 13.4. The zero-order valence-electron chi connectivity index (χ0n) is 12.2. The van der Waals surface area contributed by atoms with E-state index in [1.165, 1.54) is 12.1 Å². The smallest absolute Gasteiger partial charge is 0.126 e. The molecule has 0 unspecified atom stereocenters. The zero-order valence-corrected chi connectivity index (χ0v) is 12.2. The summed E-state index contributed by atoms with van der Waals surface area (Å²) in [5.41, 5.74) is 2.29. The van der Waals surface area contributed by atoms with Crippen molar-refractivity contribution >= 4 is 0 Å². The van der Waals surface area contributed by atoms with Gasteiger partial charge in [-0.25, -0.2) is 8.78 Å². The highest BCUT2D eigenvalue weighted by Crippen LogP contribution is 2.28. The summed E-state index contributed by atoms with van der Waals surface area (Å²) >= 11 is 0. The van der Waals surface area contributed by atoms with Gasteiger partial charge in [0.2, 0.25) is 0 Å². The Hall–Kier alpha value is -1.94. The SMILES string of the molecule is CCCNCc1cc(OC)ccc1-c1cc(F)cc(F)c1. The van der Waals surface area contributed by atoms with Gasteiger partial charge in [-0.2, -0.15) is 0 Å². The van der Waals surface area contributed by atoms with Crippen molar-refractivity contribution in [3.63, 3.8) is 0 Å². The number of nitrogens with one attached hydrogen (secondary N) is 1. The molecule has 0 saturated heterocycles. The van der Waals surface area contributed by atoms with E-state index in [2.05, 4.69) is 12.2 Å². The average Bonchev–Trinajstić information content (AvgIpc) is 2.46. The molecular weight excluding hydrogens is 272 g/mol. The van der Waals surface area contributed by atoms with E-state index in [-0.39, 0.29) is 0 Å². The second kappa shape index (κ2) is 7.18. The second-order valence-corrected chi connectivity index (χ2v) is 4.86. The fraction of sp³-hybridized carbons (Fsp3) is 0.294. The summed E-state index contributed by atoms with van der Waals surface area (Å²) in [4.78, 5) is 0. The van der Waals surface area contributed by atoms with E-state index in [0.717, 1.165) is 35.9 Å². The van der Waals surface area contributed by atoms with E-state index >= 15 is 0 Å². The van der Waals surface area contributed by atoms with Crippen LogP contribution in [0.15, 0.2) is 36.4 Å². The maximum absolute atomic E-state index is 13.4. The number of halogens is 2. The largest absolute Gasteiger partial charge is 0.497 e. The molecule has 2 aromatic carbocycles. The molecular formula is C17H19F2NO. The third-order valence-electron chi connectivity index (χ3n) is 3.23. The normalized spacial score (nSPS) is 10.7.